The monoisotopic (exact) mass is 367 g/mol. The number of nitro benzene ring substituents is 1. The number of nitrogens with one attached hydrogen (secondary N) is 2. The van der Waals surface area contributed by atoms with Gasteiger partial charge in [0.2, 0.25) is 0 Å². The summed E-state index contributed by atoms with van der Waals surface area (Å²) in [5.74, 6) is 0.728. The molecule has 0 aliphatic carbocycles. The van der Waals surface area contributed by atoms with Gasteiger partial charge in [-0.3, -0.25) is 19.8 Å². The zero-order valence-electron chi connectivity index (χ0n) is 15.1. The maximum absolute atomic E-state index is 12.3. The molecule has 3 aromatic rings. The summed E-state index contributed by atoms with van der Waals surface area (Å²) in [4.78, 5) is 36.2. The van der Waals surface area contributed by atoms with E-state index in [4.69, 9.17) is 0 Å². The van der Waals surface area contributed by atoms with Crippen molar-refractivity contribution in [2.75, 3.05) is 6.54 Å². The Hall–Kier alpha value is -3.00. The fourth-order valence-corrected chi connectivity index (χ4v) is 3.79. The third-order valence-corrected chi connectivity index (χ3v) is 5.04. The highest BCUT2D eigenvalue weighted by Gasteiger charge is 2.23. The molecule has 0 saturated heterocycles. The van der Waals surface area contributed by atoms with Gasteiger partial charge in [-0.25, -0.2) is 4.98 Å². The first-order valence-electron chi connectivity index (χ1n) is 9.13. The molecular formula is C19H21N5O3. The molecule has 0 bridgehead atoms. The van der Waals surface area contributed by atoms with E-state index < -0.39 is 0 Å². The molecule has 0 radical (unpaired) electrons. The summed E-state index contributed by atoms with van der Waals surface area (Å²) in [6.07, 6.45) is 4.14. The minimum Gasteiger partial charge on any atom is -0.361 e. The summed E-state index contributed by atoms with van der Waals surface area (Å²) in [6, 6.07) is 5.06. The number of H-pyrrole nitrogens is 2. The molecule has 27 heavy (non-hydrogen) atoms. The molecule has 4 rings (SSSR count). The summed E-state index contributed by atoms with van der Waals surface area (Å²) in [7, 11) is 0. The molecule has 0 unspecified atom stereocenters. The molecular weight excluding hydrogens is 346 g/mol. The van der Waals surface area contributed by atoms with Gasteiger partial charge in [-0.1, -0.05) is 13.0 Å². The van der Waals surface area contributed by atoms with Crippen LogP contribution in [-0.2, 0) is 25.9 Å². The number of aryl methyl sites for hydroxylation is 1. The summed E-state index contributed by atoms with van der Waals surface area (Å²) >= 11 is 0. The molecule has 2 N–H and O–H groups in total. The van der Waals surface area contributed by atoms with E-state index in [1.54, 1.807) is 6.07 Å². The van der Waals surface area contributed by atoms with Crippen LogP contribution in [0.5, 0.6) is 0 Å². The highest BCUT2D eigenvalue weighted by Crippen LogP contribution is 2.30. The number of aromatic amines is 2. The molecule has 140 valence electrons. The van der Waals surface area contributed by atoms with Crippen molar-refractivity contribution in [3.63, 3.8) is 0 Å². The largest absolute Gasteiger partial charge is 0.361 e. The number of nitro groups is 1. The minimum atomic E-state index is -0.344. The van der Waals surface area contributed by atoms with Gasteiger partial charge in [0, 0.05) is 43.9 Å². The van der Waals surface area contributed by atoms with Crippen molar-refractivity contribution < 1.29 is 4.92 Å². The van der Waals surface area contributed by atoms with Crippen LogP contribution in [0.25, 0.3) is 10.9 Å². The maximum atomic E-state index is 12.3. The first-order chi connectivity index (χ1) is 13.1. The van der Waals surface area contributed by atoms with Crippen molar-refractivity contribution in [3.8, 4) is 0 Å². The second-order valence-corrected chi connectivity index (χ2v) is 6.92. The Morgan fingerprint density at radius 3 is 3.00 bits per heavy atom. The number of nitrogens with zero attached hydrogens (tertiary/aromatic N) is 3. The van der Waals surface area contributed by atoms with E-state index in [1.807, 2.05) is 12.3 Å². The van der Waals surface area contributed by atoms with Gasteiger partial charge in [0.1, 0.15) is 5.82 Å². The summed E-state index contributed by atoms with van der Waals surface area (Å²) in [5, 5.41) is 12.0. The highest BCUT2D eigenvalue weighted by atomic mass is 16.6. The van der Waals surface area contributed by atoms with Crippen LogP contribution in [0.3, 0.4) is 0 Å². The van der Waals surface area contributed by atoms with Gasteiger partial charge >= 0.3 is 0 Å². The van der Waals surface area contributed by atoms with Crippen molar-refractivity contribution >= 4 is 16.6 Å². The van der Waals surface area contributed by atoms with Crippen molar-refractivity contribution in [1.82, 2.24) is 19.9 Å². The lowest BCUT2D eigenvalue weighted by Gasteiger charge is -2.27. The zero-order chi connectivity index (χ0) is 19.0. The SMILES string of the molecule is CCCc1nc2c(c(=O)[nH]1)CCN(Cc1c[nH]c3cccc([N+](=O)[O-])c13)C2. The molecule has 8 nitrogen and oxygen atoms in total. The normalized spacial score (nSPS) is 14.4. The van der Waals surface area contributed by atoms with Crippen molar-refractivity contribution in [2.45, 2.75) is 39.3 Å². The van der Waals surface area contributed by atoms with Crippen LogP contribution in [0, 0.1) is 10.1 Å². The molecule has 1 aliphatic heterocycles. The first kappa shape index (κ1) is 17.4. The number of hydrogen-bond acceptors (Lipinski definition) is 5. The van der Waals surface area contributed by atoms with Crippen LogP contribution in [-0.4, -0.2) is 31.3 Å². The molecule has 0 atom stereocenters. The Balaban J connectivity index is 1.63. The standard InChI is InChI=1S/C19H21N5O3/c1-2-4-17-21-15-11-23(8-7-13(15)19(25)22-17)10-12-9-20-14-5-3-6-16(18(12)14)24(26)27/h3,5-6,9,20H,2,4,7-8,10-11H2,1H3,(H,21,22,25). The fraction of sp³-hybridized carbons (Fsp3) is 0.368. The summed E-state index contributed by atoms with van der Waals surface area (Å²) in [6.45, 7) is 3.92. The van der Waals surface area contributed by atoms with E-state index in [1.165, 1.54) is 6.07 Å². The molecule has 0 amide bonds. The predicted octanol–water partition coefficient (Wildman–Crippen LogP) is 2.67. The van der Waals surface area contributed by atoms with Crippen LogP contribution in [0.4, 0.5) is 5.69 Å². The lowest BCUT2D eigenvalue weighted by molar-refractivity contribution is -0.383. The quantitative estimate of drug-likeness (QED) is 0.532. The third kappa shape index (κ3) is 3.23. The van der Waals surface area contributed by atoms with E-state index in [0.29, 0.717) is 24.9 Å². The van der Waals surface area contributed by atoms with E-state index in [2.05, 4.69) is 26.8 Å². The number of non-ortho nitro benzene ring substituents is 1. The molecule has 1 aliphatic rings. The van der Waals surface area contributed by atoms with E-state index in [9.17, 15) is 14.9 Å². The van der Waals surface area contributed by atoms with E-state index in [0.717, 1.165) is 47.5 Å². The smallest absolute Gasteiger partial charge is 0.279 e. The predicted molar refractivity (Wildman–Crippen MR) is 102 cm³/mol. The van der Waals surface area contributed by atoms with Crippen LogP contribution >= 0.6 is 0 Å². The molecule has 0 saturated carbocycles. The number of aromatic nitrogens is 3. The van der Waals surface area contributed by atoms with Gasteiger partial charge in [0.15, 0.2) is 0 Å². The van der Waals surface area contributed by atoms with Crippen LogP contribution in [0.1, 0.15) is 36.0 Å². The highest BCUT2D eigenvalue weighted by molar-refractivity contribution is 5.91. The summed E-state index contributed by atoms with van der Waals surface area (Å²) < 4.78 is 0. The Labute approximate surface area is 155 Å². The topological polar surface area (TPSA) is 108 Å². The molecule has 3 heterocycles. The average molecular weight is 367 g/mol. The lowest BCUT2D eigenvalue weighted by atomic mass is 10.0. The second kappa shape index (κ2) is 6.96. The molecule has 0 spiro atoms. The third-order valence-electron chi connectivity index (χ3n) is 5.04. The maximum Gasteiger partial charge on any atom is 0.279 e. The van der Waals surface area contributed by atoms with Crippen LogP contribution < -0.4 is 5.56 Å². The van der Waals surface area contributed by atoms with Gasteiger partial charge in [-0.2, -0.15) is 0 Å². The Kier molecular flexibility index (Phi) is 4.49. The number of hydrogen-bond donors (Lipinski definition) is 2. The van der Waals surface area contributed by atoms with Gasteiger partial charge in [0.25, 0.3) is 11.2 Å². The fourth-order valence-electron chi connectivity index (χ4n) is 3.79. The van der Waals surface area contributed by atoms with Crippen molar-refractivity contribution in [2.24, 2.45) is 0 Å². The minimum absolute atomic E-state index is 0.0363. The van der Waals surface area contributed by atoms with Crippen molar-refractivity contribution in [1.29, 1.82) is 0 Å². The van der Waals surface area contributed by atoms with Crippen molar-refractivity contribution in [3.05, 3.63) is 67.5 Å². The first-order valence-corrected chi connectivity index (χ1v) is 9.13. The Morgan fingerprint density at radius 2 is 2.22 bits per heavy atom. The van der Waals surface area contributed by atoms with Gasteiger partial charge in [0.05, 0.1) is 21.5 Å². The lowest BCUT2D eigenvalue weighted by Crippen LogP contribution is -2.35. The molecule has 0 fully saturated rings. The van der Waals surface area contributed by atoms with Crippen LogP contribution in [0.15, 0.2) is 29.2 Å². The van der Waals surface area contributed by atoms with E-state index >= 15 is 0 Å². The molecule has 1 aromatic carbocycles. The Morgan fingerprint density at radius 1 is 1.37 bits per heavy atom. The second-order valence-electron chi connectivity index (χ2n) is 6.92. The molecule has 8 heteroatoms. The number of benzene rings is 1. The Bertz CT molecular complexity index is 1070. The van der Waals surface area contributed by atoms with Crippen LogP contribution in [0.2, 0.25) is 0 Å². The molecule has 2 aromatic heterocycles. The number of rotatable bonds is 5. The summed E-state index contributed by atoms with van der Waals surface area (Å²) in [5.41, 5.74) is 3.31. The number of fused-ring (bicyclic) bond motifs is 2. The van der Waals surface area contributed by atoms with E-state index in [-0.39, 0.29) is 16.2 Å². The van der Waals surface area contributed by atoms with Gasteiger partial charge in [-0.15, -0.1) is 0 Å². The zero-order valence-corrected chi connectivity index (χ0v) is 15.1. The van der Waals surface area contributed by atoms with Gasteiger partial charge < -0.3 is 9.97 Å². The van der Waals surface area contributed by atoms with Gasteiger partial charge in [-0.05, 0) is 24.5 Å². The average Bonchev–Trinajstić information content (AvgIpc) is 3.04.